The van der Waals surface area contributed by atoms with E-state index < -0.39 is 41.6 Å². The van der Waals surface area contributed by atoms with E-state index in [-0.39, 0.29) is 46.2 Å². The predicted molar refractivity (Wildman–Crippen MR) is 161 cm³/mol. The molecule has 5 aliphatic carbocycles. The van der Waals surface area contributed by atoms with Gasteiger partial charge in [-0.2, -0.15) is 0 Å². The maximum Gasteiger partial charge on any atom is 0.310 e. The highest BCUT2D eigenvalue weighted by molar-refractivity contribution is 5.77. The molecule has 0 aromatic rings. The van der Waals surface area contributed by atoms with E-state index in [1.54, 1.807) is 0 Å². The minimum Gasteiger partial charge on any atom is -0.481 e. The molecule has 5 fully saturated rings. The molecule has 1 aliphatic heterocycles. The molecular weight excluding hydrogens is 548 g/mol. The van der Waals surface area contributed by atoms with E-state index >= 15 is 0 Å². The van der Waals surface area contributed by atoms with Crippen LogP contribution in [0, 0.1) is 50.7 Å². The Kier molecular flexibility index (Phi) is 7.41. The molecule has 1 heterocycles. The lowest BCUT2D eigenvalue weighted by atomic mass is 9.33. The molecule has 8 nitrogen and oxygen atoms in total. The van der Waals surface area contributed by atoms with Gasteiger partial charge in [0.1, 0.15) is 18.3 Å². The molecule has 43 heavy (non-hydrogen) atoms. The molecule has 1 saturated heterocycles. The average molecular weight is 605 g/mol. The molecule has 244 valence electrons. The van der Waals surface area contributed by atoms with E-state index in [0.29, 0.717) is 24.7 Å². The number of aliphatic hydroxyl groups is 4. The SMILES string of the molecule is CC1CCC2(C(=O)O)CCC3(C)C(=CCC4C5(C)CCC(OC6OCC(O)C(O)C6O)C(C)(C)C5CCC43C)C2C1(C)O. The molecular formula is C35H56O8. The average Bonchev–Trinajstić information content (AvgIpc) is 2.92. The normalized spacial score (nSPS) is 56.1. The number of carbonyl (C=O) groups is 1. The van der Waals surface area contributed by atoms with Crippen molar-refractivity contribution in [3.05, 3.63) is 11.6 Å². The standard InChI is InChI=1S/C35H56O8/c1-19-10-15-35(29(39)40)17-16-32(5)20(27(35)34(19,7)41)8-9-23-31(4)13-12-24(30(2,3)22(31)11-14-33(23,32)6)43-28-26(38)25(37)21(36)18-42-28/h8,19,21-28,36-38,41H,9-18H2,1-7H3,(H,39,40). The van der Waals surface area contributed by atoms with Crippen LogP contribution in [0.2, 0.25) is 0 Å². The van der Waals surface area contributed by atoms with Crippen molar-refractivity contribution < 1.29 is 39.8 Å². The van der Waals surface area contributed by atoms with Gasteiger partial charge in [-0.1, -0.05) is 53.2 Å². The van der Waals surface area contributed by atoms with Crippen LogP contribution >= 0.6 is 0 Å². The van der Waals surface area contributed by atoms with Gasteiger partial charge in [-0.3, -0.25) is 4.79 Å². The summed E-state index contributed by atoms with van der Waals surface area (Å²) in [6.07, 6.45) is 5.06. The highest BCUT2D eigenvalue weighted by Crippen LogP contribution is 2.76. The summed E-state index contributed by atoms with van der Waals surface area (Å²) in [6.45, 7) is 15.8. The lowest BCUT2D eigenvalue weighted by Gasteiger charge is -2.72. The number of carboxylic acid groups (broad SMARTS) is 1. The van der Waals surface area contributed by atoms with Crippen molar-refractivity contribution in [1.82, 2.24) is 0 Å². The van der Waals surface area contributed by atoms with Crippen LogP contribution in [0.4, 0.5) is 0 Å². The molecule has 0 spiro atoms. The van der Waals surface area contributed by atoms with E-state index in [4.69, 9.17) is 9.47 Å². The maximum atomic E-state index is 13.0. The third-order valence-electron chi connectivity index (χ3n) is 15.2. The number of rotatable bonds is 3. The van der Waals surface area contributed by atoms with Crippen LogP contribution in [0.25, 0.3) is 0 Å². The zero-order chi connectivity index (χ0) is 31.5. The Labute approximate surface area is 257 Å². The number of hydrogen-bond acceptors (Lipinski definition) is 7. The van der Waals surface area contributed by atoms with Gasteiger partial charge in [0, 0.05) is 5.92 Å². The number of fused-ring (bicyclic) bond motifs is 7. The molecule has 0 aromatic carbocycles. The third-order valence-corrected chi connectivity index (χ3v) is 15.2. The summed E-state index contributed by atoms with van der Waals surface area (Å²) in [7, 11) is 0. The molecule has 4 saturated carbocycles. The first-order valence-electron chi connectivity index (χ1n) is 16.9. The largest absolute Gasteiger partial charge is 0.481 e. The molecule has 0 radical (unpaired) electrons. The van der Waals surface area contributed by atoms with Crippen molar-refractivity contribution in [2.75, 3.05) is 6.61 Å². The van der Waals surface area contributed by atoms with Crippen molar-refractivity contribution in [1.29, 1.82) is 0 Å². The zero-order valence-corrected chi connectivity index (χ0v) is 27.3. The summed E-state index contributed by atoms with van der Waals surface area (Å²) in [4.78, 5) is 13.0. The lowest BCUT2D eigenvalue weighted by Crippen LogP contribution is -2.68. The molecule has 8 heteroatoms. The zero-order valence-electron chi connectivity index (χ0n) is 27.3. The highest BCUT2D eigenvalue weighted by atomic mass is 16.7. The molecule has 6 rings (SSSR count). The van der Waals surface area contributed by atoms with Gasteiger partial charge in [-0.05, 0) is 104 Å². The summed E-state index contributed by atoms with van der Waals surface area (Å²) in [6, 6.07) is 0. The number of hydrogen-bond donors (Lipinski definition) is 5. The quantitative estimate of drug-likeness (QED) is 0.232. The van der Waals surface area contributed by atoms with Crippen LogP contribution in [-0.4, -0.2) is 74.4 Å². The topological polar surface area (TPSA) is 137 Å². The van der Waals surface area contributed by atoms with Crippen molar-refractivity contribution in [3.8, 4) is 0 Å². The van der Waals surface area contributed by atoms with E-state index in [1.807, 2.05) is 6.92 Å². The number of aliphatic hydroxyl groups excluding tert-OH is 3. The van der Waals surface area contributed by atoms with Crippen LogP contribution in [0.5, 0.6) is 0 Å². The van der Waals surface area contributed by atoms with Crippen molar-refractivity contribution in [2.45, 2.75) is 143 Å². The molecule has 0 aromatic heterocycles. The molecule has 0 bridgehead atoms. The fourth-order valence-corrected chi connectivity index (χ4v) is 12.1. The monoisotopic (exact) mass is 604 g/mol. The Morgan fingerprint density at radius 2 is 1.60 bits per heavy atom. The van der Waals surface area contributed by atoms with E-state index in [2.05, 4.69) is 47.6 Å². The van der Waals surface area contributed by atoms with Gasteiger partial charge in [0.05, 0.1) is 23.7 Å². The van der Waals surface area contributed by atoms with Crippen LogP contribution in [-0.2, 0) is 14.3 Å². The summed E-state index contributed by atoms with van der Waals surface area (Å²) < 4.78 is 12.1. The second-order valence-electron chi connectivity index (χ2n) is 17.1. The fraction of sp³-hybridized carbons (Fsp3) is 0.914. The Bertz CT molecular complexity index is 1160. The van der Waals surface area contributed by atoms with Crippen LogP contribution in [0.3, 0.4) is 0 Å². The molecule has 14 unspecified atom stereocenters. The van der Waals surface area contributed by atoms with Gasteiger partial charge < -0.3 is 35.0 Å². The van der Waals surface area contributed by atoms with Gasteiger partial charge in [-0.25, -0.2) is 0 Å². The van der Waals surface area contributed by atoms with E-state index in [1.165, 1.54) is 5.57 Å². The van der Waals surface area contributed by atoms with Crippen molar-refractivity contribution in [2.24, 2.45) is 50.7 Å². The summed E-state index contributed by atoms with van der Waals surface area (Å²) in [5, 5.41) is 53.4. The smallest absolute Gasteiger partial charge is 0.310 e. The first-order valence-corrected chi connectivity index (χ1v) is 16.9. The van der Waals surface area contributed by atoms with Crippen LogP contribution in [0.1, 0.15) is 106 Å². The molecule has 14 atom stereocenters. The summed E-state index contributed by atoms with van der Waals surface area (Å²) >= 11 is 0. The van der Waals surface area contributed by atoms with Gasteiger partial charge >= 0.3 is 5.97 Å². The van der Waals surface area contributed by atoms with E-state index in [0.717, 1.165) is 44.9 Å². The van der Waals surface area contributed by atoms with Gasteiger partial charge in [0.15, 0.2) is 6.29 Å². The second kappa shape index (κ2) is 9.98. The number of aliphatic carboxylic acids is 1. The first kappa shape index (κ1) is 31.9. The summed E-state index contributed by atoms with van der Waals surface area (Å²) in [5.74, 6) is -0.306. The van der Waals surface area contributed by atoms with Gasteiger partial charge in [-0.15, -0.1) is 0 Å². The Hall–Kier alpha value is -1.03. The lowest BCUT2D eigenvalue weighted by molar-refractivity contribution is -0.308. The minimum absolute atomic E-state index is 0.0313. The van der Waals surface area contributed by atoms with Crippen LogP contribution < -0.4 is 0 Å². The fourth-order valence-electron chi connectivity index (χ4n) is 12.1. The Morgan fingerprint density at radius 1 is 0.907 bits per heavy atom. The van der Waals surface area contributed by atoms with Gasteiger partial charge in [0.2, 0.25) is 0 Å². The van der Waals surface area contributed by atoms with Gasteiger partial charge in [0.25, 0.3) is 0 Å². The Morgan fingerprint density at radius 3 is 2.28 bits per heavy atom. The predicted octanol–water partition coefficient (Wildman–Crippen LogP) is 4.67. The highest BCUT2D eigenvalue weighted by Gasteiger charge is 2.71. The van der Waals surface area contributed by atoms with E-state index in [9.17, 15) is 30.3 Å². The Balaban J connectivity index is 1.33. The third kappa shape index (κ3) is 4.11. The minimum atomic E-state index is -1.30. The maximum absolute atomic E-state index is 13.0. The molecule has 6 aliphatic rings. The first-order chi connectivity index (χ1) is 19.9. The molecule has 5 N–H and O–H groups in total. The number of ether oxygens (including phenoxy) is 2. The van der Waals surface area contributed by atoms with Crippen molar-refractivity contribution >= 4 is 5.97 Å². The summed E-state index contributed by atoms with van der Waals surface area (Å²) in [5.41, 5.74) is -1.16. The van der Waals surface area contributed by atoms with Crippen molar-refractivity contribution in [3.63, 3.8) is 0 Å². The second-order valence-corrected chi connectivity index (χ2v) is 17.1. The molecule has 0 amide bonds. The van der Waals surface area contributed by atoms with Crippen LogP contribution in [0.15, 0.2) is 11.6 Å². The number of carboxylic acids is 1. The number of allylic oxidation sites excluding steroid dienone is 1.